The molecule has 1 aromatic heterocycles. The molecule has 0 radical (unpaired) electrons. The van der Waals surface area contributed by atoms with Crippen molar-refractivity contribution in [1.82, 2.24) is 9.97 Å². The molecule has 6 heteroatoms. The van der Waals surface area contributed by atoms with Gasteiger partial charge in [0.25, 0.3) is 0 Å². The molecule has 1 aliphatic carbocycles. The molecule has 0 atom stereocenters. The molecule has 1 aliphatic rings. The molecule has 21 heavy (non-hydrogen) atoms. The fraction of sp³-hybridized carbons (Fsp3) is 0.333. The molecule has 3 nitrogen and oxygen atoms in total. The standard InChI is InChI=1S/C15H14F3N3/c1-7-13(9-5-10(16)12(18)11(17)6-9)20-15(8-3-4-8)21-14(7)19-2/h5-6,8H,3-4H2,1-2H3,(H,19,20,21). The van der Waals surface area contributed by atoms with Crippen molar-refractivity contribution in [3.8, 4) is 11.3 Å². The van der Waals surface area contributed by atoms with Gasteiger partial charge in [0.1, 0.15) is 11.6 Å². The molecule has 2 aromatic rings. The number of hydrogen-bond acceptors (Lipinski definition) is 3. The number of anilines is 1. The third-order valence-electron chi connectivity index (χ3n) is 3.60. The Kier molecular flexibility index (Phi) is 3.31. The van der Waals surface area contributed by atoms with Crippen LogP contribution in [0.1, 0.15) is 30.1 Å². The minimum Gasteiger partial charge on any atom is -0.373 e. The van der Waals surface area contributed by atoms with Crippen molar-refractivity contribution < 1.29 is 13.2 Å². The number of halogens is 3. The highest BCUT2D eigenvalue weighted by Crippen LogP contribution is 2.40. The molecule has 1 N–H and O–H groups in total. The Morgan fingerprint density at radius 2 is 1.71 bits per heavy atom. The topological polar surface area (TPSA) is 37.8 Å². The molecular formula is C15H14F3N3. The maximum atomic E-state index is 13.4. The summed E-state index contributed by atoms with van der Waals surface area (Å²) in [6.45, 7) is 1.76. The van der Waals surface area contributed by atoms with E-state index in [1.54, 1.807) is 14.0 Å². The van der Waals surface area contributed by atoms with E-state index in [1.807, 2.05) is 0 Å². The molecular weight excluding hydrogens is 279 g/mol. The summed E-state index contributed by atoms with van der Waals surface area (Å²) in [4.78, 5) is 8.84. The molecule has 3 rings (SSSR count). The van der Waals surface area contributed by atoms with Gasteiger partial charge < -0.3 is 5.32 Å². The minimum absolute atomic E-state index is 0.213. The lowest BCUT2D eigenvalue weighted by molar-refractivity contribution is 0.447. The summed E-state index contributed by atoms with van der Waals surface area (Å²) in [5.74, 6) is -2.34. The lowest BCUT2D eigenvalue weighted by Gasteiger charge is -2.12. The number of aromatic nitrogens is 2. The number of nitrogens with one attached hydrogen (secondary N) is 1. The van der Waals surface area contributed by atoms with Gasteiger partial charge >= 0.3 is 0 Å². The SMILES string of the molecule is CNc1nc(C2CC2)nc(-c2cc(F)c(F)c(F)c2)c1C. The van der Waals surface area contributed by atoms with Crippen LogP contribution in [0.2, 0.25) is 0 Å². The van der Waals surface area contributed by atoms with E-state index in [4.69, 9.17) is 0 Å². The summed E-state index contributed by atoms with van der Waals surface area (Å²) >= 11 is 0. The third kappa shape index (κ3) is 2.46. The predicted molar refractivity (Wildman–Crippen MR) is 73.6 cm³/mol. The summed E-state index contributed by atoms with van der Waals surface area (Å²) in [7, 11) is 1.72. The van der Waals surface area contributed by atoms with Crippen LogP contribution in [0, 0.1) is 24.4 Å². The molecule has 0 bridgehead atoms. The maximum Gasteiger partial charge on any atom is 0.194 e. The zero-order valence-electron chi connectivity index (χ0n) is 11.7. The fourth-order valence-corrected chi connectivity index (χ4v) is 2.27. The van der Waals surface area contributed by atoms with Gasteiger partial charge in [0.05, 0.1) is 5.69 Å². The van der Waals surface area contributed by atoms with Gasteiger partial charge in [-0.15, -0.1) is 0 Å². The van der Waals surface area contributed by atoms with Crippen molar-refractivity contribution in [1.29, 1.82) is 0 Å². The number of benzene rings is 1. The van der Waals surface area contributed by atoms with Gasteiger partial charge in [-0.3, -0.25) is 0 Å². The highest BCUT2D eigenvalue weighted by molar-refractivity contribution is 5.68. The van der Waals surface area contributed by atoms with Gasteiger partial charge in [0, 0.05) is 24.1 Å². The lowest BCUT2D eigenvalue weighted by Crippen LogP contribution is -2.05. The van der Waals surface area contributed by atoms with E-state index < -0.39 is 17.5 Å². The normalized spacial score (nSPS) is 14.3. The van der Waals surface area contributed by atoms with Gasteiger partial charge in [0.2, 0.25) is 0 Å². The van der Waals surface area contributed by atoms with Crippen LogP contribution in [-0.4, -0.2) is 17.0 Å². The van der Waals surface area contributed by atoms with Gasteiger partial charge in [-0.05, 0) is 31.9 Å². The Morgan fingerprint density at radius 3 is 2.24 bits per heavy atom. The second-order valence-corrected chi connectivity index (χ2v) is 5.18. The zero-order chi connectivity index (χ0) is 15.1. The second-order valence-electron chi connectivity index (χ2n) is 5.18. The Balaban J connectivity index is 2.19. The van der Waals surface area contributed by atoms with E-state index in [0.717, 1.165) is 25.0 Å². The minimum atomic E-state index is -1.47. The molecule has 1 heterocycles. The average molecular weight is 293 g/mol. The van der Waals surface area contributed by atoms with Crippen LogP contribution in [0.3, 0.4) is 0 Å². The summed E-state index contributed by atoms with van der Waals surface area (Å²) < 4.78 is 40.0. The highest BCUT2D eigenvalue weighted by Gasteiger charge is 2.28. The first-order chi connectivity index (χ1) is 10.0. The van der Waals surface area contributed by atoms with Crippen molar-refractivity contribution in [2.75, 3.05) is 12.4 Å². The van der Waals surface area contributed by atoms with Crippen molar-refractivity contribution in [3.05, 3.63) is 41.0 Å². The van der Waals surface area contributed by atoms with Gasteiger partial charge in [-0.25, -0.2) is 23.1 Å². The van der Waals surface area contributed by atoms with E-state index >= 15 is 0 Å². The van der Waals surface area contributed by atoms with Crippen LogP contribution in [0.15, 0.2) is 12.1 Å². The molecule has 1 saturated carbocycles. The van der Waals surface area contributed by atoms with Gasteiger partial charge in [-0.2, -0.15) is 0 Å². The van der Waals surface area contributed by atoms with Gasteiger partial charge in [0.15, 0.2) is 17.5 Å². The van der Waals surface area contributed by atoms with Crippen molar-refractivity contribution in [3.63, 3.8) is 0 Å². The third-order valence-corrected chi connectivity index (χ3v) is 3.60. The summed E-state index contributed by atoms with van der Waals surface area (Å²) in [6.07, 6.45) is 2.02. The zero-order valence-corrected chi connectivity index (χ0v) is 11.7. The van der Waals surface area contributed by atoms with Crippen molar-refractivity contribution in [2.24, 2.45) is 0 Å². The largest absolute Gasteiger partial charge is 0.373 e. The summed E-state index contributed by atoms with van der Waals surface area (Å²) in [5.41, 5.74) is 1.31. The Morgan fingerprint density at radius 1 is 1.10 bits per heavy atom. The first-order valence-corrected chi connectivity index (χ1v) is 6.72. The molecule has 110 valence electrons. The summed E-state index contributed by atoms with van der Waals surface area (Å²) in [5, 5.41) is 2.96. The number of hydrogen-bond donors (Lipinski definition) is 1. The van der Waals surface area contributed by atoms with Gasteiger partial charge in [-0.1, -0.05) is 0 Å². The average Bonchev–Trinajstić information content (AvgIpc) is 3.29. The van der Waals surface area contributed by atoms with Crippen LogP contribution in [-0.2, 0) is 0 Å². The molecule has 0 saturated heterocycles. The Bertz CT molecular complexity index is 689. The van der Waals surface area contributed by atoms with Crippen LogP contribution >= 0.6 is 0 Å². The van der Waals surface area contributed by atoms with E-state index in [9.17, 15) is 13.2 Å². The van der Waals surface area contributed by atoms with Crippen LogP contribution in [0.25, 0.3) is 11.3 Å². The molecule has 0 spiro atoms. The molecule has 0 amide bonds. The molecule has 1 fully saturated rings. The van der Waals surface area contributed by atoms with E-state index in [-0.39, 0.29) is 5.56 Å². The van der Waals surface area contributed by atoms with E-state index in [1.165, 1.54) is 0 Å². The number of rotatable bonds is 3. The Hall–Kier alpha value is -2.11. The predicted octanol–water partition coefficient (Wildman–Crippen LogP) is 3.79. The smallest absolute Gasteiger partial charge is 0.194 e. The first-order valence-electron chi connectivity index (χ1n) is 6.72. The number of nitrogens with zero attached hydrogens (tertiary/aromatic N) is 2. The molecule has 1 aromatic carbocycles. The first kappa shape index (κ1) is 13.9. The fourth-order valence-electron chi connectivity index (χ4n) is 2.27. The highest BCUT2D eigenvalue weighted by atomic mass is 19.2. The van der Waals surface area contributed by atoms with Crippen molar-refractivity contribution in [2.45, 2.75) is 25.7 Å². The lowest BCUT2D eigenvalue weighted by atomic mass is 10.1. The van der Waals surface area contributed by atoms with E-state index in [2.05, 4.69) is 15.3 Å². The molecule has 0 unspecified atom stereocenters. The maximum absolute atomic E-state index is 13.4. The van der Waals surface area contributed by atoms with Crippen molar-refractivity contribution >= 4 is 5.82 Å². The second kappa shape index (κ2) is 5.02. The van der Waals surface area contributed by atoms with Crippen LogP contribution in [0.4, 0.5) is 19.0 Å². The molecule has 0 aliphatic heterocycles. The quantitative estimate of drug-likeness (QED) is 0.875. The monoisotopic (exact) mass is 293 g/mol. The summed E-state index contributed by atoms with van der Waals surface area (Å²) in [6, 6.07) is 1.92. The van der Waals surface area contributed by atoms with E-state index in [0.29, 0.717) is 28.8 Å². The van der Waals surface area contributed by atoms with Crippen LogP contribution < -0.4 is 5.32 Å². The Labute approximate surface area is 120 Å². The van der Waals surface area contributed by atoms with Crippen LogP contribution in [0.5, 0.6) is 0 Å².